The second-order valence-corrected chi connectivity index (χ2v) is 4.96. The molecule has 1 aromatic heterocycles. The van der Waals surface area contributed by atoms with Crippen LogP contribution in [0.5, 0.6) is 0 Å². The highest BCUT2D eigenvalue weighted by Gasteiger charge is 2.17. The SMILES string of the molecule is Cc1cccc(-n2ccc(C(=O)O)c2-c2ccccc2)c1. The van der Waals surface area contributed by atoms with Crippen LogP contribution in [0.4, 0.5) is 0 Å². The van der Waals surface area contributed by atoms with Gasteiger partial charge in [-0.25, -0.2) is 4.79 Å². The van der Waals surface area contributed by atoms with Gasteiger partial charge in [0.1, 0.15) is 0 Å². The van der Waals surface area contributed by atoms with Gasteiger partial charge >= 0.3 is 5.97 Å². The number of carboxylic acids is 1. The van der Waals surface area contributed by atoms with Crippen molar-refractivity contribution in [1.82, 2.24) is 4.57 Å². The third-order valence-corrected chi connectivity index (χ3v) is 3.44. The number of aromatic carboxylic acids is 1. The Morgan fingerprint density at radius 2 is 1.76 bits per heavy atom. The monoisotopic (exact) mass is 277 g/mol. The first-order valence-corrected chi connectivity index (χ1v) is 6.74. The molecule has 0 aliphatic heterocycles. The van der Waals surface area contributed by atoms with Crippen molar-refractivity contribution in [3.05, 3.63) is 78.0 Å². The van der Waals surface area contributed by atoms with Crippen LogP contribution in [-0.2, 0) is 0 Å². The molecular formula is C18H15NO2. The van der Waals surface area contributed by atoms with Gasteiger partial charge in [-0.3, -0.25) is 0 Å². The molecule has 0 spiro atoms. The maximum absolute atomic E-state index is 11.5. The number of hydrogen-bond acceptors (Lipinski definition) is 1. The molecule has 1 N–H and O–H groups in total. The number of rotatable bonds is 3. The van der Waals surface area contributed by atoms with Gasteiger partial charge in [-0.2, -0.15) is 0 Å². The van der Waals surface area contributed by atoms with E-state index in [9.17, 15) is 9.90 Å². The Kier molecular flexibility index (Phi) is 3.32. The minimum absolute atomic E-state index is 0.308. The predicted molar refractivity (Wildman–Crippen MR) is 82.9 cm³/mol. The number of hydrogen-bond donors (Lipinski definition) is 1. The van der Waals surface area contributed by atoms with Gasteiger partial charge in [-0.05, 0) is 36.2 Å². The van der Waals surface area contributed by atoms with Gasteiger partial charge < -0.3 is 9.67 Å². The number of benzene rings is 2. The molecule has 0 saturated carbocycles. The summed E-state index contributed by atoms with van der Waals surface area (Å²) in [5.41, 5.74) is 4.00. The molecule has 0 radical (unpaired) electrons. The Balaban J connectivity index is 2.25. The van der Waals surface area contributed by atoms with E-state index in [2.05, 4.69) is 0 Å². The quantitative estimate of drug-likeness (QED) is 0.781. The van der Waals surface area contributed by atoms with E-state index in [0.717, 1.165) is 16.8 Å². The normalized spacial score (nSPS) is 10.5. The summed E-state index contributed by atoms with van der Waals surface area (Å²) in [6.07, 6.45) is 1.81. The van der Waals surface area contributed by atoms with Gasteiger partial charge in [-0.15, -0.1) is 0 Å². The fourth-order valence-corrected chi connectivity index (χ4v) is 2.49. The van der Waals surface area contributed by atoms with Gasteiger partial charge in [0.05, 0.1) is 11.3 Å². The number of carbonyl (C=O) groups is 1. The summed E-state index contributed by atoms with van der Waals surface area (Å²) in [6, 6.07) is 19.2. The molecule has 0 fully saturated rings. The molecule has 0 aliphatic rings. The first-order chi connectivity index (χ1) is 10.2. The molecule has 0 bridgehead atoms. The summed E-state index contributed by atoms with van der Waals surface area (Å²) in [4.78, 5) is 11.5. The van der Waals surface area contributed by atoms with Crippen molar-refractivity contribution in [2.75, 3.05) is 0 Å². The predicted octanol–water partition coefficient (Wildman–Crippen LogP) is 4.15. The van der Waals surface area contributed by atoms with Crippen LogP contribution in [0, 0.1) is 6.92 Å². The standard InChI is InChI=1S/C18H15NO2/c1-13-6-5-9-15(12-13)19-11-10-16(18(20)21)17(19)14-7-3-2-4-8-14/h2-12H,1H3,(H,20,21). The molecule has 0 unspecified atom stereocenters. The first-order valence-electron chi connectivity index (χ1n) is 6.74. The Bertz CT molecular complexity index is 788. The summed E-state index contributed by atoms with van der Waals surface area (Å²) in [5, 5.41) is 9.43. The third kappa shape index (κ3) is 2.46. The summed E-state index contributed by atoms with van der Waals surface area (Å²) in [6.45, 7) is 2.02. The van der Waals surface area contributed by atoms with Crippen LogP contribution < -0.4 is 0 Å². The zero-order valence-corrected chi connectivity index (χ0v) is 11.7. The number of nitrogens with zero attached hydrogens (tertiary/aromatic N) is 1. The van der Waals surface area contributed by atoms with E-state index in [0.29, 0.717) is 11.3 Å². The Labute approximate surface area is 123 Å². The topological polar surface area (TPSA) is 42.2 Å². The van der Waals surface area contributed by atoms with E-state index < -0.39 is 5.97 Å². The lowest BCUT2D eigenvalue weighted by molar-refractivity contribution is 0.0698. The summed E-state index contributed by atoms with van der Waals surface area (Å²) < 4.78 is 1.92. The van der Waals surface area contributed by atoms with E-state index in [-0.39, 0.29) is 0 Å². The van der Waals surface area contributed by atoms with Crippen LogP contribution in [-0.4, -0.2) is 15.6 Å². The van der Waals surface area contributed by atoms with Gasteiger partial charge in [-0.1, -0.05) is 42.5 Å². The van der Waals surface area contributed by atoms with Crippen molar-refractivity contribution in [3.8, 4) is 16.9 Å². The van der Waals surface area contributed by atoms with Crippen LogP contribution in [0.25, 0.3) is 16.9 Å². The molecule has 3 aromatic rings. The molecule has 3 rings (SSSR count). The van der Waals surface area contributed by atoms with E-state index in [1.54, 1.807) is 12.3 Å². The highest BCUT2D eigenvalue weighted by atomic mass is 16.4. The number of aromatic nitrogens is 1. The molecule has 1 heterocycles. The Hall–Kier alpha value is -2.81. The largest absolute Gasteiger partial charge is 0.478 e. The molecule has 21 heavy (non-hydrogen) atoms. The maximum Gasteiger partial charge on any atom is 0.337 e. The summed E-state index contributed by atoms with van der Waals surface area (Å²) in [7, 11) is 0. The van der Waals surface area contributed by atoms with Gasteiger partial charge in [0.2, 0.25) is 0 Å². The molecule has 0 saturated heterocycles. The summed E-state index contributed by atoms with van der Waals surface area (Å²) >= 11 is 0. The van der Waals surface area contributed by atoms with Crippen molar-refractivity contribution in [2.45, 2.75) is 6.92 Å². The minimum atomic E-state index is -0.916. The van der Waals surface area contributed by atoms with Gasteiger partial charge in [0, 0.05) is 11.9 Å². The van der Waals surface area contributed by atoms with Gasteiger partial charge in [0.15, 0.2) is 0 Å². The van der Waals surface area contributed by atoms with Crippen molar-refractivity contribution in [3.63, 3.8) is 0 Å². The molecule has 2 aromatic carbocycles. The lowest BCUT2D eigenvalue weighted by atomic mass is 10.1. The van der Waals surface area contributed by atoms with Crippen LogP contribution in [0.1, 0.15) is 15.9 Å². The average molecular weight is 277 g/mol. The molecule has 0 amide bonds. The number of carboxylic acid groups (broad SMARTS) is 1. The highest BCUT2D eigenvalue weighted by molar-refractivity contribution is 5.95. The molecule has 0 atom stereocenters. The third-order valence-electron chi connectivity index (χ3n) is 3.44. The lowest BCUT2D eigenvalue weighted by Crippen LogP contribution is -2.01. The molecular weight excluding hydrogens is 262 g/mol. The fraction of sp³-hybridized carbons (Fsp3) is 0.0556. The summed E-state index contributed by atoms with van der Waals surface area (Å²) in [5.74, 6) is -0.916. The van der Waals surface area contributed by atoms with Crippen molar-refractivity contribution in [2.24, 2.45) is 0 Å². The zero-order chi connectivity index (χ0) is 14.8. The van der Waals surface area contributed by atoms with E-state index in [4.69, 9.17) is 0 Å². The average Bonchev–Trinajstić information content (AvgIpc) is 2.93. The Morgan fingerprint density at radius 3 is 2.43 bits per heavy atom. The molecule has 3 heteroatoms. The highest BCUT2D eigenvalue weighted by Crippen LogP contribution is 2.28. The molecule has 3 nitrogen and oxygen atoms in total. The lowest BCUT2D eigenvalue weighted by Gasteiger charge is -2.11. The minimum Gasteiger partial charge on any atom is -0.478 e. The molecule has 104 valence electrons. The van der Waals surface area contributed by atoms with Crippen LogP contribution in [0.3, 0.4) is 0 Å². The van der Waals surface area contributed by atoms with Crippen molar-refractivity contribution >= 4 is 5.97 Å². The smallest absolute Gasteiger partial charge is 0.337 e. The van der Waals surface area contributed by atoms with Crippen molar-refractivity contribution in [1.29, 1.82) is 0 Å². The van der Waals surface area contributed by atoms with Crippen LogP contribution in [0.15, 0.2) is 66.9 Å². The van der Waals surface area contributed by atoms with Crippen molar-refractivity contribution < 1.29 is 9.90 Å². The van der Waals surface area contributed by atoms with Crippen LogP contribution >= 0.6 is 0 Å². The Morgan fingerprint density at radius 1 is 1.00 bits per heavy atom. The van der Waals surface area contributed by atoms with E-state index >= 15 is 0 Å². The molecule has 0 aliphatic carbocycles. The second-order valence-electron chi connectivity index (χ2n) is 4.96. The second kappa shape index (κ2) is 5.29. The van der Waals surface area contributed by atoms with E-state index in [1.807, 2.05) is 66.1 Å². The first kappa shape index (κ1) is 13.2. The number of aryl methyl sites for hydroxylation is 1. The van der Waals surface area contributed by atoms with E-state index in [1.165, 1.54) is 0 Å². The zero-order valence-electron chi connectivity index (χ0n) is 11.7. The maximum atomic E-state index is 11.5. The van der Waals surface area contributed by atoms with Crippen LogP contribution in [0.2, 0.25) is 0 Å². The fourth-order valence-electron chi connectivity index (χ4n) is 2.49. The van der Waals surface area contributed by atoms with Gasteiger partial charge in [0.25, 0.3) is 0 Å².